The fourth-order valence-electron chi connectivity index (χ4n) is 4.09. The van der Waals surface area contributed by atoms with E-state index in [9.17, 15) is 9.50 Å². The molecule has 0 saturated carbocycles. The third kappa shape index (κ3) is 3.44. The molecule has 3 heterocycles. The molecule has 1 fully saturated rings. The lowest BCUT2D eigenvalue weighted by molar-refractivity contribution is 0.0927. The summed E-state index contributed by atoms with van der Waals surface area (Å²) in [5, 5.41) is 10.6. The van der Waals surface area contributed by atoms with E-state index in [0.717, 1.165) is 56.8 Å². The number of likely N-dealkylation sites (N-methyl/N-ethyl adjacent to an activating group) is 1. The lowest BCUT2D eigenvalue weighted by atomic mass is 9.87. The summed E-state index contributed by atoms with van der Waals surface area (Å²) in [5.74, 6) is 0.975. The smallest absolute Gasteiger partial charge is 0.136 e. The second-order valence-electron chi connectivity index (χ2n) is 7.43. The topological polar surface area (TPSA) is 52.5 Å². The van der Waals surface area contributed by atoms with Gasteiger partial charge in [-0.3, -0.25) is 0 Å². The first-order valence-corrected chi connectivity index (χ1v) is 9.31. The molecule has 0 amide bonds. The Morgan fingerprint density at radius 2 is 1.85 bits per heavy atom. The molecule has 1 aromatic carbocycles. The Balaban J connectivity index is 1.45. The fourth-order valence-corrected chi connectivity index (χ4v) is 4.09. The zero-order valence-corrected chi connectivity index (χ0v) is 15.1. The molecule has 0 bridgehead atoms. The van der Waals surface area contributed by atoms with Crippen LogP contribution in [-0.2, 0) is 13.0 Å². The summed E-state index contributed by atoms with van der Waals surface area (Å²) < 4.78 is 13.1. The van der Waals surface area contributed by atoms with Crippen molar-refractivity contribution in [2.45, 2.75) is 31.9 Å². The van der Waals surface area contributed by atoms with E-state index < -0.39 is 6.10 Å². The lowest BCUT2D eigenvalue weighted by Crippen LogP contribution is -2.38. The van der Waals surface area contributed by atoms with Crippen molar-refractivity contribution in [2.75, 3.05) is 31.6 Å². The molecule has 4 rings (SSSR count). The van der Waals surface area contributed by atoms with Crippen molar-refractivity contribution in [3.8, 4) is 0 Å². The van der Waals surface area contributed by atoms with Gasteiger partial charge in [0.2, 0.25) is 0 Å². The maximum atomic E-state index is 13.1. The van der Waals surface area contributed by atoms with Crippen molar-refractivity contribution in [1.29, 1.82) is 0 Å². The monoisotopic (exact) mass is 356 g/mol. The van der Waals surface area contributed by atoms with Crippen LogP contribution in [-0.4, -0.2) is 46.7 Å². The summed E-state index contributed by atoms with van der Waals surface area (Å²) in [6.07, 6.45) is 3.91. The highest BCUT2D eigenvalue weighted by Gasteiger charge is 2.29. The SMILES string of the molecule is CN1CCc2ncnc(N3CCC(C(O)c4ccc(F)cc4)CC3)c2C1. The summed E-state index contributed by atoms with van der Waals surface area (Å²) in [6, 6.07) is 6.20. The van der Waals surface area contributed by atoms with Crippen molar-refractivity contribution in [3.05, 3.63) is 53.2 Å². The number of anilines is 1. The number of aliphatic hydroxyl groups is 1. The third-order valence-electron chi connectivity index (χ3n) is 5.67. The Labute approximate surface area is 153 Å². The van der Waals surface area contributed by atoms with Gasteiger partial charge in [-0.15, -0.1) is 0 Å². The second-order valence-corrected chi connectivity index (χ2v) is 7.43. The number of piperidine rings is 1. The Morgan fingerprint density at radius 1 is 1.12 bits per heavy atom. The number of fused-ring (bicyclic) bond motifs is 1. The molecule has 26 heavy (non-hydrogen) atoms. The molecule has 0 aliphatic carbocycles. The average Bonchev–Trinajstić information content (AvgIpc) is 2.68. The lowest BCUT2D eigenvalue weighted by Gasteiger charge is -2.37. The van der Waals surface area contributed by atoms with Crippen LogP contribution >= 0.6 is 0 Å². The number of nitrogens with zero attached hydrogens (tertiary/aromatic N) is 4. The van der Waals surface area contributed by atoms with Gasteiger partial charge in [0.15, 0.2) is 0 Å². The summed E-state index contributed by atoms with van der Waals surface area (Å²) in [6.45, 7) is 3.67. The number of hydrogen-bond acceptors (Lipinski definition) is 5. The minimum atomic E-state index is -0.539. The number of hydrogen-bond donors (Lipinski definition) is 1. The van der Waals surface area contributed by atoms with Gasteiger partial charge in [-0.1, -0.05) is 12.1 Å². The Hall–Kier alpha value is -2.05. The van der Waals surface area contributed by atoms with Crippen LogP contribution in [0.3, 0.4) is 0 Å². The summed E-state index contributed by atoms with van der Waals surface area (Å²) in [7, 11) is 2.13. The van der Waals surface area contributed by atoms with E-state index in [4.69, 9.17) is 0 Å². The van der Waals surface area contributed by atoms with Gasteiger partial charge >= 0.3 is 0 Å². The number of benzene rings is 1. The molecule has 2 aliphatic heterocycles. The van der Waals surface area contributed by atoms with Crippen LogP contribution in [0.5, 0.6) is 0 Å². The largest absolute Gasteiger partial charge is 0.388 e. The zero-order chi connectivity index (χ0) is 18.1. The molecule has 0 radical (unpaired) electrons. The van der Waals surface area contributed by atoms with Gasteiger partial charge in [-0.25, -0.2) is 14.4 Å². The standard InChI is InChI=1S/C20H25FN4O/c1-24-9-8-18-17(12-24)20(23-13-22-18)25-10-6-15(7-11-25)19(26)14-2-4-16(21)5-3-14/h2-5,13,15,19,26H,6-12H2,1H3. The van der Waals surface area contributed by atoms with Crippen molar-refractivity contribution < 1.29 is 9.50 Å². The van der Waals surface area contributed by atoms with Crippen LogP contribution in [0.25, 0.3) is 0 Å². The van der Waals surface area contributed by atoms with Crippen molar-refractivity contribution in [3.63, 3.8) is 0 Å². The first-order valence-electron chi connectivity index (χ1n) is 9.31. The number of aromatic nitrogens is 2. The first kappa shape index (κ1) is 17.4. The molecule has 5 nitrogen and oxygen atoms in total. The molecule has 1 saturated heterocycles. The van der Waals surface area contributed by atoms with Crippen LogP contribution in [0.2, 0.25) is 0 Å². The predicted molar refractivity (Wildman–Crippen MR) is 98.4 cm³/mol. The van der Waals surface area contributed by atoms with Crippen molar-refractivity contribution in [2.24, 2.45) is 5.92 Å². The predicted octanol–water partition coefficient (Wildman–Crippen LogP) is 2.55. The molecule has 138 valence electrons. The van der Waals surface area contributed by atoms with Crippen LogP contribution in [0.1, 0.15) is 35.8 Å². The number of rotatable bonds is 3. The van der Waals surface area contributed by atoms with E-state index in [1.165, 1.54) is 23.4 Å². The molecule has 2 aromatic rings. The van der Waals surface area contributed by atoms with Crippen LogP contribution in [0.4, 0.5) is 10.2 Å². The van der Waals surface area contributed by atoms with Crippen LogP contribution in [0.15, 0.2) is 30.6 Å². The number of aliphatic hydroxyl groups excluding tert-OH is 1. The Bertz CT molecular complexity index is 759. The zero-order valence-electron chi connectivity index (χ0n) is 15.1. The molecule has 1 atom stereocenters. The Kier molecular flexibility index (Phi) is 4.87. The van der Waals surface area contributed by atoms with Crippen LogP contribution in [0, 0.1) is 11.7 Å². The molecular formula is C20H25FN4O. The summed E-state index contributed by atoms with van der Waals surface area (Å²) >= 11 is 0. The minimum Gasteiger partial charge on any atom is -0.388 e. The average molecular weight is 356 g/mol. The molecule has 2 aliphatic rings. The quantitative estimate of drug-likeness (QED) is 0.916. The van der Waals surface area contributed by atoms with Gasteiger partial charge in [0.05, 0.1) is 11.8 Å². The van der Waals surface area contributed by atoms with Gasteiger partial charge in [-0.05, 0) is 43.5 Å². The summed E-state index contributed by atoms with van der Waals surface area (Å²) in [4.78, 5) is 13.7. The van der Waals surface area contributed by atoms with Crippen molar-refractivity contribution >= 4 is 5.82 Å². The molecule has 1 N–H and O–H groups in total. The molecular weight excluding hydrogens is 331 g/mol. The van der Waals surface area contributed by atoms with E-state index in [2.05, 4.69) is 26.8 Å². The van der Waals surface area contributed by atoms with E-state index >= 15 is 0 Å². The van der Waals surface area contributed by atoms with Gasteiger partial charge in [0, 0.05) is 38.2 Å². The normalized spacial score (nSPS) is 20.0. The fraction of sp³-hybridized carbons (Fsp3) is 0.500. The van der Waals surface area contributed by atoms with E-state index in [-0.39, 0.29) is 11.7 Å². The van der Waals surface area contributed by atoms with Crippen molar-refractivity contribution in [1.82, 2.24) is 14.9 Å². The molecule has 1 aromatic heterocycles. The molecule has 6 heteroatoms. The first-order chi connectivity index (χ1) is 12.6. The maximum absolute atomic E-state index is 13.1. The third-order valence-corrected chi connectivity index (χ3v) is 5.67. The summed E-state index contributed by atoms with van der Waals surface area (Å²) in [5.41, 5.74) is 3.21. The van der Waals surface area contributed by atoms with E-state index in [1.54, 1.807) is 18.5 Å². The highest BCUT2D eigenvalue weighted by molar-refractivity contribution is 5.49. The van der Waals surface area contributed by atoms with Crippen LogP contribution < -0.4 is 4.90 Å². The van der Waals surface area contributed by atoms with Gasteiger partial charge in [0.25, 0.3) is 0 Å². The minimum absolute atomic E-state index is 0.192. The highest BCUT2D eigenvalue weighted by Crippen LogP contribution is 2.34. The second kappa shape index (κ2) is 7.29. The molecule has 0 spiro atoms. The number of halogens is 1. The maximum Gasteiger partial charge on any atom is 0.136 e. The van der Waals surface area contributed by atoms with Gasteiger partial charge in [-0.2, -0.15) is 0 Å². The highest BCUT2D eigenvalue weighted by atomic mass is 19.1. The van der Waals surface area contributed by atoms with Gasteiger partial charge in [0.1, 0.15) is 18.0 Å². The Morgan fingerprint density at radius 3 is 2.58 bits per heavy atom. The van der Waals surface area contributed by atoms with Gasteiger partial charge < -0.3 is 14.9 Å². The van der Waals surface area contributed by atoms with E-state index in [0.29, 0.717) is 0 Å². The van der Waals surface area contributed by atoms with E-state index in [1.807, 2.05) is 0 Å². The molecule has 1 unspecified atom stereocenters.